The lowest BCUT2D eigenvalue weighted by Gasteiger charge is -2.34. The van der Waals surface area contributed by atoms with E-state index in [2.05, 4.69) is 19.1 Å². The number of ether oxygens (including phenoxy) is 1. The summed E-state index contributed by atoms with van der Waals surface area (Å²) in [5.41, 5.74) is 3.52. The molecule has 0 aromatic heterocycles. The Morgan fingerprint density at radius 2 is 2.11 bits per heavy atom. The monoisotopic (exact) mass is 246 g/mol. The molecule has 96 valence electrons. The third kappa shape index (κ3) is 1.61. The Balaban J connectivity index is 2.12. The van der Waals surface area contributed by atoms with E-state index in [1.54, 1.807) is 0 Å². The molecule has 1 aromatic carbocycles. The predicted molar refractivity (Wildman–Crippen MR) is 68.0 cm³/mol. The molecule has 3 rings (SSSR count). The minimum absolute atomic E-state index is 0.149. The van der Waals surface area contributed by atoms with Gasteiger partial charge in [-0.3, -0.25) is 0 Å². The minimum Gasteiger partial charge on any atom is -0.478 e. The van der Waals surface area contributed by atoms with Crippen molar-refractivity contribution in [3.05, 3.63) is 28.8 Å². The number of carboxylic acids is 1. The van der Waals surface area contributed by atoms with Gasteiger partial charge in [0.2, 0.25) is 0 Å². The third-order valence-electron chi connectivity index (χ3n) is 4.29. The zero-order valence-corrected chi connectivity index (χ0v) is 10.8. The zero-order valence-electron chi connectivity index (χ0n) is 10.8. The second kappa shape index (κ2) is 4.01. The molecule has 1 saturated carbocycles. The highest BCUT2D eigenvalue weighted by Crippen LogP contribution is 2.50. The van der Waals surface area contributed by atoms with Crippen LogP contribution < -0.4 is 4.74 Å². The average Bonchev–Trinajstić information content (AvgIpc) is 2.76. The SMILES string of the molecule is Cc1cc(C)c2c(c1)C1CCCC1C(C(=O)O)O2. The molecule has 3 unspecified atom stereocenters. The van der Waals surface area contributed by atoms with E-state index in [1.807, 2.05) is 6.92 Å². The van der Waals surface area contributed by atoms with E-state index in [0.29, 0.717) is 5.92 Å². The van der Waals surface area contributed by atoms with Crippen LogP contribution in [-0.2, 0) is 4.79 Å². The first kappa shape index (κ1) is 11.6. The fourth-order valence-corrected chi connectivity index (χ4v) is 3.61. The topological polar surface area (TPSA) is 46.5 Å². The van der Waals surface area contributed by atoms with Crippen molar-refractivity contribution < 1.29 is 14.6 Å². The summed E-state index contributed by atoms with van der Waals surface area (Å²) in [7, 11) is 0. The maximum atomic E-state index is 11.4. The second-order valence-electron chi connectivity index (χ2n) is 5.58. The molecular formula is C15H18O3. The molecule has 0 saturated heterocycles. The number of rotatable bonds is 1. The van der Waals surface area contributed by atoms with Crippen molar-refractivity contribution in [3.63, 3.8) is 0 Å². The first-order chi connectivity index (χ1) is 8.58. The molecule has 1 heterocycles. The van der Waals surface area contributed by atoms with E-state index in [1.165, 1.54) is 11.1 Å². The Hall–Kier alpha value is -1.51. The van der Waals surface area contributed by atoms with Gasteiger partial charge in [-0.05, 0) is 43.7 Å². The maximum absolute atomic E-state index is 11.4. The number of aryl methyl sites for hydroxylation is 2. The lowest BCUT2D eigenvalue weighted by molar-refractivity contribution is -0.148. The van der Waals surface area contributed by atoms with E-state index >= 15 is 0 Å². The molecule has 0 radical (unpaired) electrons. The van der Waals surface area contributed by atoms with Gasteiger partial charge in [-0.1, -0.05) is 24.1 Å². The summed E-state index contributed by atoms with van der Waals surface area (Å²) in [5.74, 6) is 0.512. The first-order valence-corrected chi connectivity index (χ1v) is 6.58. The lowest BCUT2D eigenvalue weighted by atomic mass is 9.81. The summed E-state index contributed by atoms with van der Waals surface area (Å²) in [4.78, 5) is 11.4. The number of carboxylic acid groups (broad SMARTS) is 1. The zero-order chi connectivity index (χ0) is 12.9. The summed E-state index contributed by atoms with van der Waals surface area (Å²) in [6, 6.07) is 4.23. The van der Waals surface area contributed by atoms with Crippen LogP contribution in [0.2, 0.25) is 0 Å². The highest BCUT2D eigenvalue weighted by atomic mass is 16.5. The normalized spacial score (nSPS) is 29.3. The van der Waals surface area contributed by atoms with Gasteiger partial charge >= 0.3 is 5.97 Å². The van der Waals surface area contributed by atoms with Gasteiger partial charge in [0.05, 0.1) is 0 Å². The van der Waals surface area contributed by atoms with Crippen molar-refractivity contribution in [3.8, 4) is 5.75 Å². The highest BCUT2D eigenvalue weighted by molar-refractivity contribution is 5.74. The molecule has 1 aliphatic carbocycles. The van der Waals surface area contributed by atoms with Crippen molar-refractivity contribution in [2.45, 2.75) is 45.1 Å². The van der Waals surface area contributed by atoms with Crippen LogP contribution in [0.25, 0.3) is 0 Å². The van der Waals surface area contributed by atoms with Crippen molar-refractivity contribution in [1.82, 2.24) is 0 Å². The van der Waals surface area contributed by atoms with Crippen LogP contribution in [0.5, 0.6) is 5.75 Å². The molecule has 0 amide bonds. The molecule has 3 heteroatoms. The van der Waals surface area contributed by atoms with Gasteiger partial charge in [0.1, 0.15) is 5.75 Å². The van der Waals surface area contributed by atoms with E-state index in [-0.39, 0.29) is 5.92 Å². The van der Waals surface area contributed by atoms with E-state index in [0.717, 1.165) is 30.6 Å². The Kier molecular flexibility index (Phi) is 2.58. The smallest absolute Gasteiger partial charge is 0.345 e. The number of fused-ring (bicyclic) bond motifs is 3. The highest BCUT2D eigenvalue weighted by Gasteiger charge is 2.45. The maximum Gasteiger partial charge on any atom is 0.345 e. The van der Waals surface area contributed by atoms with Crippen molar-refractivity contribution in [2.75, 3.05) is 0 Å². The fourth-order valence-electron chi connectivity index (χ4n) is 3.61. The lowest BCUT2D eigenvalue weighted by Crippen LogP contribution is -2.40. The van der Waals surface area contributed by atoms with Gasteiger partial charge in [0.25, 0.3) is 0 Å². The van der Waals surface area contributed by atoms with Crippen LogP contribution in [0.1, 0.15) is 41.9 Å². The first-order valence-electron chi connectivity index (χ1n) is 6.58. The van der Waals surface area contributed by atoms with Crippen LogP contribution in [-0.4, -0.2) is 17.2 Å². The Bertz CT molecular complexity index is 507. The van der Waals surface area contributed by atoms with Gasteiger partial charge in [0.15, 0.2) is 6.10 Å². The number of benzene rings is 1. The predicted octanol–water partition coefficient (Wildman–Crippen LogP) is 3.03. The van der Waals surface area contributed by atoms with Gasteiger partial charge < -0.3 is 9.84 Å². The van der Waals surface area contributed by atoms with Crippen LogP contribution in [0, 0.1) is 19.8 Å². The van der Waals surface area contributed by atoms with Crippen LogP contribution in [0.15, 0.2) is 12.1 Å². The fraction of sp³-hybridized carbons (Fsp3) is 0.533. The molecule has 3 nitrogen and oxygen atoms in total. The molecule has 0 bridgehead atoms. The molecule has 1 N–H and O–H groups in total. The Morgan fingerprint density at radius 1 is 1.33 bits per heavy atom. The van der Waals surface area contributed by atoms with Gasteiger partial charge in [-0.2, -0.15) is 0 Å². The molecule has 18 heavy (non-hydrogen) atoms. The summed E-state index contributed by atoms with van der Waals surface area (Å²) in [5, 5.41) is 9.33. The third-order valence-corrected chi connectivity index (χ3v) is 4.29. The average molecular weight is 246 g/mol. The second-order valence-corrected chi connectivity index (χ2v) is 5.58. The van der Waals surface area contributed by atoms with E-state index in [9.17, 15) is 9.90 Å². The largest absolute Gasteiger partial charge is 0.478 e. The number of carbonyl (C=O) groups is 1. The number of hydrogen-bond donors (Lipinski definition) is 1. The summed E-state index contributed by atoms with van der Waals surface area (Å²) in [6.45, 7) is 4.08. The molecule has 1 aliphatic heterocycles. The molecule has 3 atom stereocenters. The van der Waals surface area contributed by atoms with Crippen molar-refractivity contribution >= 4 is 5.97 Å². The van der Waals surface area contributed by atoms with Crippen molar-refractivity contribution in [1.29, 1.82) is 0 Å². The molecule has 1 aromatic rings. The van der Waals surface area contributed by atoms with Crippen molar-refractivity contribution in [2.24, 2.45) is 5.92 Å². The van der Waals surface area contributed by atoms with Crippen LogP contribution in [0.4, 0.5) is 0 Å². The quantitative estimate of drug-likeness (QED) is 0.828. The van der Waals surface area contributed by atoms with Gasteiger partial charge in [0, 0.05) is 5.92 Å². The molecule has 2 aliphatic rings. The van der Waals surface area contributed by atoms with E-state index < -0.39 is 12.1 Å². The van der Waals surface area contributed by atoms with Crippen LogP contribution in [0.3, 0.4) is 0 Å². The van der Waals surface area contributed by atoms with E-state index in [4.69, 9.17) is 4.74 Å². The minimum atomic E-state index is -0.822. The summed E-state index contributed by atoms with van der Waals surface area (Å²) >= 11 is 0. The number of hydrogen-bond acceptors (Lipinski definition) is 2. The Morgan fingerprint density at radius 3 is 2.83 bits per heavy atom. The molecule has 0 spiro atoms. The van der Waals surface area contributed by atoms with Gasteiger partial charge in [-0.25, -0.2) is 4.79 Å². The summed E-state index contributed by atoms with van der Waals surface area (Å²) < 4.78 is 5.79. The standard InChI is InChI=1S/C15H18O3/c1-8-6-9(2)13-12(7-8)10-4-3-5-11(10)14(18-13)15(16)17/h6-7,10-11,14H,3-5H2,1-2H3,(H,16,17). The van der Waals surface area contributed by atoms with Crippen LogP contribution >= 0.6 is 0 Å². The Labute approximate surface area is 107 Å². The summed E-state index contributed by atoms with van der Waals surface area (Å²) in [6.07, 6.45) is 2.50. The number of aliphatic carboxylic acids is 1. The molecule has 1 fully saturated rings. The van der Waals surface area contributed by atoms with Gasteiger partial charge in [-0.15, -0.1) is 0 Å². The molecular weight excluding hydrogens is 228 g/mol.